The number of nitrogens with two attached hydrogens (primary N) is 1. The highest BCUT2D eigenvalue weighted by molar-refractivity contribution is 7.80. The van der Waals surface area contributed by atoms with Crippen LogP contribution in [0.5, 0.6) is 0 Å². The number of aliphatic hydroxyl groups excluding tert-OH is 1. The van der Waals surface area contributed by atoms with Crippen molar-refractivity contribution in [1.82, 2.24) is 10.2 Å². The van der Waals surface area contributed by atoms with Crippen molar-refractivity contribution in [2.45, 2.75) is 45.3 Å². The molecule has 0 aromatic heterocycles. The second-order valence-electron chi connectivity index (χ2n) is 6.67. The van der Waals surface area contributed by atoms with E-state index in [2.05, 4.69) is 17.5 Å². The van der Waals surface area contributed by atoms with Crippen LogP contribution in [-0.2, 0) is 4.74 Å². The van der Waals surface area contributed by atoms with Gasteiger partial charge in [-0.3, -0.25) is 0 Å². The van der Waals surface area contributed by atoms with E-state index in [1.165, 1.54) is 0 Å². The fraction of sp³-hybridized carbons (Fsp3) is 0.714. The molecule has 4 N–H and O–H groups in total. The van der Waals surface area contributed by atoms with Gasteiger partial charge in [-0.1, -0.05) is 0 Å². The zero-order chi connectivity index (χ0) is 15.8. The summed E-state index contributed by atoms with van der Waals surface area (Å²) in [7, 11) is 0. The van der Waals surface area contributed by atoms with E-state index in [-0.39, 0.29) is 23.1 Å². The predicted octanol–water partition coefficient (Wildman–Crippen LogP) is 1.86. The molecule has 2 bridgehead atoms. The maximum atomic E-state index is 12.1. The first-order valence-electron chi connectivity index (χ1n) is 7.12. The third-order valence-corrected chi connectivity index (χ3v) is 4.04. The van der Waals surface area contributed by atoms with E-state index in [1.807, 2.05) is 25.7 Å². The molecule has 1 unspecified atom stereocenters. The SMILES string of the molecule is CC(C)(C)OC(=O)N1C[C@@H]2CC1[C@H]2C/C=C(/O)NC(N)=S. The first kappa shape index (κ1) is 15.9. The Morgan fingerprint density at radius 3 is 2.81 bits per heavy atom. The third kappa shape index (κ3) is 3.78. The van der Waals surface area contributed by atoms with Crippen LogP contribution in [0.4, 0.5) is 4.79 Å². The first-order valence-corrected chi connectivity index (χ1v) is 7.53. The Morgan fingerprint density at radius 1 is 1.57 bits per heavy atom. The van der Waals surface area contributed by atoms with Gasteiger partial charge in [0.15, 0.2) is 11.0 Å². The van der Waals surface area contributed by atoms with Crippen LogP contribution in [-0.4, -0.2) is 39.4 Å². The van der Waals surface area contributed by atoms with Crippen molar-refractivity contribution in [3.05, 3.63) is 12.0 Å². The molecule has 7 heteroatoms. The molecule has 3 aliphatic rings. The molecule has 3 atom stereocenters. The molecular weight excluding hydrogens is 290 g/mol. The molecular formula is C14H23N3O3S. The standard InChI is InChI=1S/C14H23N3O3S/c1-14(2,3)20-13(19)17-7-8-6-10(17)9(8)4-5-11(18)16-12(15)21/h5,8-10,18H,4,6-7H2,1-3H3,(H3,15,16,21)/b11-5+/t8-,9-,10?/m0/s1. The average molecular weight is 313 g/mol. The number of carbonyl (C=O) groups is 1. The summed E-state index contributed by atoms with van der Waals surface area (Å²) in [5, 5.41) is 12.1. The summed E-state index contributed by atoms with van der Waals surface area (Å²) in [6.45, 7) is 6.34. The van der Waals surface area contributed by atoms with E-state index in [9.17, 15) is 9.90 Å². The molecule has 1 amide bonds. The fourth-order valence-corrected chi connectivity index (χ4v) is 3.14. The number of allylic oxidation sites excluding steroid dienone is 1. The average Bonchev–Trinajstić information content (AvgIpc) is 2.83. The number of hydrogen-bond acceptors (Lipinski definition) is 4. The van der Waals surface area contributed by atoms with Gasteiger partial charge < -0.3 is 25.8 Å². The van der Waals surface area contributed by atoms with Crippen LogP contribution >= 0.6 is 12.2 Å². The van der Waals surface area contributed by atoms with Gasteiger partial charge in [-0.05, 0) is 63.7 Å². The molecule has 0 aromatic rings. The Kier molecular flexibility index (Phi) is 4.32. The van der Waals surface area contributed by atoms with E-state index in [0.717, 1.165) is 13.0 Å². The van der Waals surface area contributed by atoms with Crippen molar-refractivity contribution in [2.75, 3.05) is 6.54 Å². The summed E-state index contributed by atoms with van der Waals surface area (Å²) in [4.78, 5) is 13.9. The van der Waals surface area contributed by atoms with Gasteiger partial charge in [0.25, 0.3) is 0 Å². The summed E-state index contributed by atoms with van der Waals surface area (Å²) < 4.78 is 5.42. The number of rotatable bonds is 3. The van der Waals surface area contributed by atoms with Crippen LogP contribution in [0.2, 0.25) is 0 Å². The highest BCUT2D eigenvalue weighted by Gasteiger charge is 2.53. The topological polar surface area (TPSA) is 87.8 Å². The zero-order valence-corrected chi connectivity index (χ0v) is 13.4. The number of fused-ring (bicyclic) bond motifs is 1. The lowest BCUT2D eigenvalue weighted by molar-refractivity contribution is 0.0203. The molecule has 2 heterocycles. The summed E-state index contributed by atoms with van der Waals surface area (Å²) >= 11 is 4.65. The van der Waals surface area contributed by atoms with Crippen LogP contribution in [0.25, 0.3) is 0 Å². The Hall–Kier alpha value is -1.50. The van der Waals surface area contributed by atoms with Crippen LogP contribution in [0.1, 0.15) is 33.6 Å². The van der Waals surface area contributed by atoms with Crippen LogP contribution in [0.3, 0.4) is 0 Å². The van der Waals surface area contributed by atoms with Gasteiger partial charge in [0.1, 0.15) is 5.60 Å². The Balaban J connectivity index is 1.88. The van der Waals surface area contributed by atoms with Crippen molar-refractivity contribution in [2.24, 2.45) is 17.6 Å². The fourth-order valence-electron chi connectivity index (χ4n) is 3.04. The molecule has 2 saturated heterocycles. The second kappa shape index (κ2) is 5.71. The van der Waals surface area contributed by atoms with Gasteiger partial charge in [-0.15, -0.1) is 0 Å². The normalized spacial score (nSPS) is 28.0. The predicted molar refractivity (Wildman–Crippen MR) is 83.6 cm³/mol. The number of nitrogens with zero attached hydrogens (tertiary/aromatic N) is 1. The summed E-state index contributed by atoms with van der Waals surface area (Å²) in [5.41, 5.74) is 4.81. The minimum absolute atomic E-state index is 0.0300. The quantitative estimate of drug-likeness (QED) is 0.544. The van der Waals surface area contributed by atoms with E-state index < -0.39 is 5.60 Å². The van der Waals surface area contributed by atoms with Crippen molar-refractivity contribution in [3.63, 3.8) is 0 Å². The number of nitrogens with one attached hydrogen (secondary N) is 1. The van der Waals surface area contributed by atoms with Gasteiger partial charge in [-0.2, -0.15) is 0 Å². The monoisotopic (exact) mass is 313 g/mol. The van der Waals surface area contributed by atoms with Gasteiger partial charge in [0.2, 0.25) is 0 Å². The van der Waals surface area contributed by atoms with Crippen LogP contribution < -0.4 is 11.1 Å². The zero-order valence-electron chi connectivity index (χ0n) is 12.6. The number of hydrogen-bond donors (Lipinski definition) is 3. The van der Waals surface area contributed by atoms with Crippen LogP contribution in [0, 0.1) is 11.8 Å². The lowest BCUT2D eigenvalue weighted by Crippen LogP contribution is -2.43. The van der Waals surface area contributed by atoms with E-state index in [1.54, 1.807) is 6.08 Å². The maximum Gasteiger partial charge on any atom is 0.410 e. The molecule has 3 fully saturated rings. The highest BCUT2D eigenvalue weighted by Crippen LogP contribution is 2.48. The number of amides is 1. The largest absolute Gasteiger partial charge is 0.495 e. The third-order valence-electron chi connectivity index (χ3n) is 3.94. The summed E-state index contributed by atoms with van der Waals surface area (Å²) in [6, 6.07) is 0.207. The Morgan fingerprint density at radius 2 is 2.24 bits per heavy atom. The minimum atomic E-state index is -0.474. The number of carbonyl (C=O) groups excluding carboxylic acids is 1. The second-order valence-corrected chi connectivity index (χ2v) is 7.11. The van der Waals surface area contributed by atoms with Gasteiger partial charge in [0.05, 0.1) is 0 Å². The molecule has 118 valence electrons. The maximum absolute atomic E-state index is 12.1. The van der Waals surface area contributed by atoms with Crippen molar-refractivity contribution in [1.29, 1.82) is 0 Å². The molecule has 21 heavy (non-hydrogen) atoms. The molecule has 0 aromatic carbocycles. The van der Waals surface area contributed by atoms with Crippen LogP contribution in [0.15, 0.2) is 12.0 Å². The van der Waals surface area contributed by atoms with Crippen molar-refractivity contribution >= 4 is 23.4 Å². The summed E-state index contributed by atoms with van der Waals surface area (Å²) in [6.07, 6.45) is 3.13. The molecule has 1 saturated carbocycles. The number of ether oxygens (including phenoxy) is 1. The lowest BCUT2D eigenvalue weighted by atomic mass is 9.72. The van der Waals surface area contributed by atoms with E-state index in [0.29, 0.717) is 18.3 Å². The lowest BCUT2D eigenvalue weighted by Gasteiger charge is -2.36. The molecule has 6 nitrogen and oxygen atoms in total. The van der Waals surface area contributed by atoms with Gasteiger partial charge in [0, 0.05) is 12.6 Å². The Labute approximate surface area is 130 Å². The number of thiocarbonyl (C=S) groups is 1. The number of aliphatic hydroxyl groups is 1. The molecule has 2 aliphatic heterocycles. The van der Waals surface area contributed by atoms with E-state index in [4.69, 9.17) is 10.5 Å². The van der Waals surface area contributed by atoms with Gasteiger partial charge in [-0.25, -0.2) is 4.79 Å². The van der Waals surface area contributed by atoms with Crippen molar-refractivity contribution in [3.8, 4) is 0 Å². The Bertz CT molecular complexity index is 473. The molecule has 1 aliphatic carbocycles. The highest BCUT2D eigenvalue weighted by atomic mass is 32.1. The van der Waals surface area contributed by atoms with Gasteiger partial charge >= 0.3 is 6.09 Å². The minimum Gasteiger partial charge on any atom is -0.495 e. The molecule has 0 radical (unpaired) electrons. The smallest absolute Gasteiger partial charge is 0.410 e. The van der Waals surface area contributed by atoms with Crippen molar-refractivity contribution < 1.29 is 14.6 Å². The summed E-state index contributed by atoms with van der Waals surface area (Å²) in [5.74, 6) is 0.821. The molecule has 3 rings (SSSR count). The first-order chi connectivity index (χ1) is 9.67. The molecule has 0 spiro atoms. The van der Waals surface area contributed by atoms with E-state index >= 15 is 0 Å².